The van der Waals surface area contributed by atoms with Crippen LogP contribution < -0.4 is 10.5 Å². The predicted octanol–water partition coefficient (Wildman–Crippen LogP) is 3.03. The van der Waals surface area contributed by atoms with Gasteiger partial charge in [0.2, 0.25) is 5.88 Å². The summed E-state index contributed by atoms with van der Waals surface area (Å²) >= 11 is 4.95. The number of nitrogens with two attached hydrogens (primary N) is 1. The van der Waals surface area contributed by atoms with Crippen molar-refractivity contribution in [2.24, 2.45) is 5.73 Å². The molecule has 0 aliphatic rings. The molecule has 0 saturated heterocycles. The van der Waals surface area contributed by atoms with E-state index in [1.807, 2.05) is 24.3 Å². The summed E-state index contributed by atoms with van der Waals surface area (Å²) in [7, 11) is 0. The van der Waals surface area contributed by atoms with Crippen LogP contribution in [0.3, 0.4) is 0 Å². The van der Waals surface area contributed by atoms with Crippen molar-refractivity contribution in [3.63, 3.8) is 0 Å². The molecule has 0 bridgehead atoms. The fourth-order valence-electron chi connectivity index (χ4n) is 1.72. The van der Waals surface area contributed by atoms with Gasteiger partial charge in [-0.1, -0.05) is 44.3 Å². The molecule has 2 N–H and O–H groups in total. The van der Waals surface area contributed by atoms with Crippen LogP contribution in [0.2, 0.25) is 0 Å². The number of aromatic nitrogens is 2. The molecule has 2 rings (SSSR count). The van der Waals surface area contributed by atoms with Crippen LogP contribution in [0.4, 0.5) is 0 Å². The van der Waals surface area contributed by atoms with Gasteiger partial charge in [-0.05, 0) is 17.5 Å². The van der Waals surface area contributed by atoms with Crippen LogP contribution in [-0.2, 0) is 0 Å². The molecule has 1 heterocycles. The van der Waals surface area contributed by atoms with Crippen LogP contribution >= 0.6 is 12.2 Å². The largest absolute Gasteiger partial charge is 0.437 e. The van der Waals surface area contributed by atoms with Crippen molar-refractivity contribution in [2.75, 3.05) is 0 Å². The molecule has 0 aliphatic heterocycles. The lowest BCUT2D eigenvalue weighted by molar-refractivity contribution is 0.450. The molecule has 98 valence electrons. The molecular weight excluding hydrogens is 258 g/mol. The Kier molecular flexibility index (Phi) is 4.06. The van der Waals surface area contributed by atoms with Crippen molar-refractivity contribution in [3.8, 4) is 11.6 Å². The predicted molar refractivity (Wildman–Crippen MR) is 78.5 cm³/mol. The van der Waals surface area contributed by atoms with Crippen molar-refractivity contribution in [1.82, 2.24) is 9.97 Å². The van der Waals surface area contributed by atoms with Gasteiger partial charge >= 0.3 is 0 Å². The Labute approximate surface area is 117 Å². The number of nitrogens with zero attached hydrogens (tertiary/aromatic N) is 2. The standard InChI is InChI=1S/C14H15N3OS/c1-9(2)10-5-3-4-6-11(10)18-14-12(13(15)19)16-7-8-17-14/h3-9H,1-2H3,(H2,15,19). The highest BCUT2D eigenvalue weighted by Crippen LogP contribution is 2.30. The number of hydrogen-bond donors (Lipinski definition) is 1. The van der Waals surface area contributed by atoms with Crippen LogP contribution in [0.1, 0.15) is 31.0 Å². The Morgan fingerprint density at radius 3 is 2.58 bits per heavy atom. The van der Waals surface area contributed by atoms with Crippen LogP contribution in [0.15, 0.2) is 36.7 Å². The van der Waals surface area contributed by atoms with E-state index in [2.05, 4.69) is 23.8 Å². The zero-order valence-corrected chi connectivity index (χ0v) is 11.6. The molecule has 1 aromatic carbocycles. The zero-order valence-electron chi connectivity index (χ0n) is 10.8. The van der Waals surface area contributed by atoms with Gasteiger partial charge in [-0.15, -0.1) is 0 Å². The average molecular weight is 273 g/mol. The number of hydrogen-bond acceptors (Lipinski definition) is 4. The third-order valence-electron chi connectivity index (χ3n) is 2.65. The molecule has 0 unspecified atom stereocenters. The SMILES string of the molecule is CC(C)c1ccccc1Oc1nccnc1C(N)=S. The van der Waals surface area contributed by atoms with E-state index in [-0.39, 0.29) is 4.99 Å². The summed E-state index contributed by atoms with van der Waals surface area (Å²) in [5.41, 5.74) is 7.11. The van der Waals surface area contributed by atoms with E-state index in [1.165, 1.54) is 6.20 Å². The number of thiocarbonyl (C=S) groups is 1. The molecule has 4 nitrogen and oxygen atoms in total. The highest BCUT2D eigenvalue weighted by Gasteiger charge is 2.13. The van der Waals surface area contributed by atoms with E-state index in [1.54, 1.807) is 6.20 Å². The highest BCUT2D eigenvalue weighted by atomic mass is 32.1. The summed E-state index contributed by atoms with van der Waals surface area (Å²) in [6.07, 6.45) is 3.09. The number of ether oxygens (including phenoxy) is 1. The molecule has 0 amide bonds. The van der Waals surface area contributed by atoms with Crippen LogP contribution in [0, 0.1) is 0 Å². The highest BCUT2D eigenvalue weighted by molar-refractivity contribution is 7.80. The quantitative estimate of drug-likeness (QED) is 0.868. The fourth-order valence-corrected chi connectivity index (χ4v) is 1.86. The van der Waals surface area contributed by atoms with Crippen molar-refractivity contribution in [1.29, 1.82) is 0 Å². The van der Waals surface area contributed by atoms with Gasteiger partial charge in [0.05, 0.1) is 0 Å². The summed E-state index contributed by atoms with van der Waals surface area (Å²) in [5, 5.41) is 0. The van der Waals surface area contributed by atoms with E-state index >= 15 is 0 Å². The first-order chi connectivity index (χ1) is 9.09. The van der Waals surface area contributed by atoms with E-state index in [0.717, 1.165) is 11.3 Å². The topological polar surface area (TPSA) is 61.0 Å². The second-order valence-electron chi connectivity index (χ2n) is 4.37. The van der Waals surface area contributed by atoms with Crippen LogP contribution in [0.5, 0.6) is 11.6 Å². The van der Waals surface area contributed by atoms with Crippen molar-refractivity contribution >= 4 is 17.2 Å². The van der Waals surface area contributed by atoms with E-state index in [9.17, 15) is 0 Å². The van der Waals surface area contributed by atoms with Gasteiger partial charge in [0, 0.05) is 12.4 Å². The summed E-state index contributed by atoms with van der Waals surface area (Å²) in [6, 6.07) is 7.82. The van der Waals surface area contributed by atoms with Crippen molar-refractivity contribution in [2.45, 2.75) is 19.8 Å². The fraction of sp³-hybridized carbons (Fsp3) is 0.214. The molecule has 1 aromatic heterocycles. The van der Waals surface area contributed by atoms with Crippen LogP contribution in [-0.4, -0.2) is 15.0 Å². The van der Waals surface area contributed by atoms with Gasteiger partial charge < -0.3 is 10.5 Å². The summed E-state index contributed by atoms with van der Waals surface area (Å²) in [5.74, 6) is 1.43. The molecule has 0 aliphatic carbocycles. The van der Waals surface area contributed by atoms with Crippen molar-refractivity contribution in [3.05, 3.63) is 47.9 Å². The Bertz CT molecular complexity index is 599. The van der Waals surface area contributed by atoms with Crippen molar-refractivity contribution < 1.29 is 4.74 Å². The van der Waals surface area contributed by atoms with E-state index < -0.39 is 0 Å². The van der Waals surface area contributed by atoms with E-state index in [4.69, 9.17) is 22.7 Å². The molecule has 0 radical (unpaired) electrons. The lowest BCUT2D eigenvalue weighted by atomic mass is 10.0. The Morgan fingerprint density at radius 1 is 1.21 bits per heavy atom. The summed E-state index contributed by atoms with van der Waals surface area (Å²) in [4.78, 5) is 8.41. The number of para-hydroxylation sites is 1. The lowest BCUT2D eigenvalue weighted by Crippen LogP contribution is -2.13. The molecule has 0 spiro atoms. The smallest absolute Gasteiger partial charge is 0.248 e. The van der Waals surface area contributed by atoms with Gasteiger partial charge in [-0.25, -0.2) is 9.97 Å². The van der Waals surface area contributed by atoms with Gasteiger partial charge in [-0.2, -0.15) is 0 Å². The molecule has 0 atom stereocenters. The molecule has 0 saturated carbocycles. The molecule has 19 heavy (non-hydrogen) atoms. The maximum atomic E-state index is 5.82. The Hall–Kier alpha value is -2.01. The minimum atomic E-state index is 0.171. The summed E-state index contributed by atoms with van der Waals surface area (Å²) in [6.45, 7) is 4.21. The van der Waals surface area contributed by atoms with Crippen LogP contribution in [0.25, 0.3) is 0 Å². The Morgan fingerprint density at radius 2 is 1.89 bits per heavy atom. The molecule has 0 fully saturated rings. The maximum Gasteiger partial charge on any atom is 0.248 e. The lowest BCUT2D eigenvalue weighted by Gasteiger charge is -2.13. The number of benzene rings is 1. The van der Waals surface area contributed by atoms with Gasteiger partial charge in [0.15, 0.2) is 5.69 Å². The minimum absolute atomic E-state index is 0.171. The summed E-state index contributed by atoms with van der Waals surface area (Å²) < 4.78 is 5.82. The van der Waals surface area contributed by atoms with Gasteiger partial charge in [0.25, 0.3) is 0 Å². The second kappa shape index (κ2) is 5.75. The third kappa shape index (κ3) is 3.06. The third-order valence-corrected chi connectivity index (χ3v) is 2.84. The normalized spacial score (nSPS) is 10.5. The molecule has 5 heteroatoms. The minimum Gasteiger partial charge on any atom is -0.437 e. The monoisotopic (exact) mass is 273 g/mol. The zero-order chi connectivity index (χ0) is 13.8. The second-order valence-corrected chi connectivity index (χ2v) is 4.81. The molecule has 2 aromatic rings. The van der Waals surface area contributed by atoms with Gasteiger partial charge in [-0.3, -0.25) is 0 Å². The first-order valence-corrected chi connectivity index (χ1v) is 6.38. The molecular formula is C14H15N3OS. The van der Waals surface area contributed by atoms with Gasteiger partial charge in [0.1, 0.15) is 10.7 Å². The maximum absolute atomic E-state index is 5.82. The number of rotatable bonds is 4. The first kappa shape index (κ1) is 13.4. The van der Waals surface area contributed by atoms with E-state index in [0.29, 0.717) is 17.5 Å². The Balaban J connectivity index is 2.39. The first-order valence-electron chi connectivity index (χ1n) is 5.97. The average Bonchev–Trinajstić information content (AvgIpc) is 2.39.